The quantitative estimate of drug-likeness (QED) is 0.919. The van der Waals surface area contributed by atoms with Gasteiger partial charge in [0.2, 0.25) is 10.0 Å². The zero-order valence-corrected chi connectivity index (χ0v) is 12.9. The molecule has 0 bridgehead atoms. The van der Waals surface area contributed by atoms with Crippen LogP contribution in [0.3, 0.4) is 0 Å². The van der Waals surface area contributed by atoms with Gasteiger partial charge < -0.3 is 9.73 Å². The Labute approximate surface area is 125 Å². The van der Waals surface area contributed by atoms with Gasteiger partial charge in [-0.1, -0.05) is 18.2 Å². The molecule has 1 aliphatic rings. The van der Waals surface area contributed by atoms with E-state index >= 15 is 0 Å². The number of nitrogens with one attached hydrogen (secondary N) is 1. The minimum atomic E-state index is -3.00. The molecule has 2 aromatic rings. The fraction of sp³-hybridized carbons (Fsp3) is 0.467. The minimum absolute atomic E-state index is 0.0581. The third-order valence-corrected chi connectivity index (χ3v) is 5.84. The van der Waals surface area contributed by atoms with Crippen LogP contribution in [0.5, 0.6) is 0 Å². The minimum Gasteiger partial charge on any atom is -0.459 e. The number of furan rings is 1. The summed E-state index contributed by atoms with van der Waals surface area (Å²) in [4.78, 5) is 0. The lowest BCUT2D eigenvalue weighted by atomic mass is 10.2. The van der Waals surface area contributed by atoms with Crippen LogP contribution >= 0.6 is 0 Å². The number of hydrogen-bond donors (Lipinski definition) is 1. The Morgan fingerprint density at radius 2 is 2.19 bits per heavy atom. The van der Waals surface area contributed by atoms with E-state index in [0.717, 1.165) is 23.2 Å². The van der Waals surface area contributed by atoms with Gasteiger partial charge in [0.1, 0.15) is 11.3 Å². The van der Waals surface area contributed by atoms with E-state index in [9.17, 15) is 8.42 Å². The van der Waals surface area contributed by atoms with Gasteiger partial charge in [0, 0.05) is 25.0 Å². The Hall–Kier alpha value is -1.37. The van der Waals surface area contributed by atoms with E-state index in [4.69, 9.17) is 4.42 Å². The van der Waals surface area contributed by atoms with Gasteiger partial charge in [-0.05, 0) is 25.5 Å². The van der Waals surface area contributed by atoms with Gasteiger partial charge in [-0.15, -0.1) is 0 Å². The molecule has 0 amide bonds. The van der Waals surface area contributed by atoms with Gasteiger partial charge in [-0.3, -0.25) is 0 Å². The lowest BCUT2D eigenvalue weighted by molar-refractivity contribution is 0.401. The molecule has 0 saturated carbocycles. The smallest absolute Gasteiger partial charge is 0.214 e. The van der Waals surface area contributed by atoms with Gasteiger partial charge >= 0.3 is 0 Å². The highest BCUT2D eigenvalue weighted by Gasteiger charge is 2.27. The third kappa shape index (κ3) is 3.12. The molecule has 1 fully saturated rings. The molecular weight excluding hydrogens is 288 g/mol. The number of fused-ring (bicyclic) bond motifs is 1. The Kier molecular flexibility index (Phi) is 4.01. The van der Waals surface area contributed by atoms with E-state index in [1.807, 2.05) is 37.3 Å². The highest BCUT2D eigenvalue weighted by molar-refractivity contribution is 7.89. The van der Waals surface area contributed by atoms with E-state index in [0.29, 0.717) is 19.6 Å². The Morgan fingerprint density at radius 3 is 2.90 bits per heavy atom. The molecule has 5 nitrogen and oxygen atoms in total. The summed E-state index contributed by atoms with van der Waals surface area (Å²) in [7, 11) is -3.00. The van der Waals surface area contributed by atoms with Crippen LogP contribution in [0.15, 0.2) is 34.7 Å². The SMILES string of the molecule is C[C@@H](NCCN1CCCS1(=O)=O)c1cc2ccccc2o1. The molecule has 1 aromatic carbocycles. The second kappa shape index (κ2) is 5.79. The molecule has 1 atom stereocenters. The maximum absolute atomic E-state index is 11.7. The summed E-state index contributed by atoms with van der Waals surface area (Å²) in [6.07, 6.45) is 0.738. The summed E-state index contributed by atoms with van der Waals surface area (Å²) in [5.41, 5.74) is 0.878. The largest absolute Gasteiger partial charge is 0.459 e. The highest BCUT2D eigenvalue weighted by Crippen LogP contribution is 2.23. The number of benzene rings is 1. The average molecular weight is 308 g/mol. The first-order valence-corrected chi connectivity index (χ1v) is 8.87. The topological polar surface area (TPSA) is 62.6 Å². The van der Waals surface area contributed by atoms with Crippen molar-refractivity contribution in [3.8, 4) is 0 Å². The fourth-order valence-corrected chi connectivity index (χ4v) is 4.19. The van der Waals surface area contributed by atoms with Crippen molar-refractivity contribution in [3.05, 3.63) is 36.1 Å². The number of hydrogen-bond acceptors (Lipinski definition) is 4. The Bertz CT molecular complexity index is 690. The van der Waals surface area contributed by atoms with Gasteiger partial charge in [0.05, 0.1) is 11.8 Å². The maximum atomic E-state index is 11.7. The summed E-state index contributed by atoms with van der Waals surface area (Å²) in [6, 6.07) is 9.99. The lowest BCUT2D eigenvalue weighted by Gasteiger charge is -2.16. The molecule has 1 N–H and O–H groups in total. The first-order valence-electron chi connectivity index (χ1n) is 7.26. The predicted molar refractivity (Wildman–Crippen MR) is 82.6 cm³/mol. The van der Waals surface area contributed by atoms with Crippen molar-refractivity contribution >= 4 is 21.0 Å². The third-order valence-electron chi connectivity index (χ3n) is 3.89. The molecule has 114 valence electrons. The zero-order valence-electron chi connectivity index (χ0n) is 12.1. The highest BCUT2D eigenvalue weighted by atomic mass is 32.2. The number of para-hydroxylation sites is 1. The monoisotopic (exact) mass is 308 g/mol. The van der Waals surface area contributed by atoms with E-state index in [2.05, 4.69) is 5.32 Å². The van der Waals surface area contributed by atoms with Crippen LogP contribution in [0.1, 0.15) is 25.1 Å². The predicted octanol–water partition coefficient (Wildman–Crippen LogP) is 2.12. The summed E-state index contributed by atoms with van der Waals surface area (Å²) >= 11 is 0. The standard InChI is InChI=1S/C15H20N2O3S/c1-12(15-11-13-5-2-3-6-14(13)20-15)16-7-9-17-8-4-10-21(17,18)19/h2-3,5-6,11-12,16H,4,7-10H2,1H3/t12-/m1/s1. The van der Waals surface area contributed by atoms with Crippen LogP contribution in [-0.2, 0) is 10.0 Å². The average Bonchev–Trinajstić information content (AvgIpc) is 3.02. The number of sulfonamides is 1. The lowest BCUT2D eigenvalue weighted by Crippen LogP contribution is -2.34. The van der Waals surface area contributed by atoms with Crippen LogP contribution in [0.25, 0.3) is 11.0 Å². The molecule has 0 spiro atoms. The Balaban J connectivity index is 1.58. The molecule has 6 heteroatoms. The summed E-state index contributed by atoms with van der Waals surface area (Å²) in [5.74, 6) is 1.16. The molecule has 0 radical (unpaired) electrons. The van der Waals surface area contributed by atoms with E-state index in [1.54, 1.807) is 4.31 Å². The van der Waals surface area contributed by atoms with Crippen molar-refractivity contribution in [2.45, 2.75) is 19.4 Å². The van der Waals surface area contributed by atoms with Crippen LogP contribution < -0.4 is 5.32 Å². The normalized spacial score (nSPS) is 20.0. The number of rotatable bonds is 5. The van der Waals surface area contributed by atoms with E-state index in [-0.39, 0.29) is 11.8 Å². The van der Waals surface area contributed by atoms with Gasteiger partial charge in [0.25, 0.3) is 0 Å². The van der Waals surface area contributed by atoms with Crippen molar-refractivity contribution in [2.75, 3.05) is 25.4 Å². The van der Waals surface area contributed by atoms with Crippen molar-refractivity contribution < 1.29 is 12.8 Å². The van der Waals surface area contributed by atoms with Gasteiger partial charge in [-0.25, -0.2) is 12.7 Å². The summed E-state index contributed by atoms with van der Waals surface area (Å²) < 4.78 is 30.8. The molecule has 0 aliphatic carbocycles. The molecular formula is C15H20N2O3S. The van der Waals surface area contributed by atoms with Crippen LogP contribution in [-0.4, -0.2) is 38.1 Å². The van der Waals surface area contributed by atoms with E-state index < -0.39 is 10.0 Å². The molecule has 1 aliphatic heterocycles. The van der Waals surface area contributed by atoms with Crippen LogP contribution in [0.2, 0.25) is 0 Å². The number of nitrogens with zero attached hydrogens (tertiary/aromatic N) is 1. The fourth-order valence-electron chi connectivity index (χ4n) is 2.66. The molecule has 3 rings (SSSR count). The van der Waals surface area contributed by atoms with Crippen molar-refractivity contribution in [2.24, 2.45) is 0 Å². The summed E-state index contributed by atoms with van der Waals surface area (Å²) in [5, 5.41) is 4.41. The molecule has 0 unspecified atom stereocenters. The second-order valence-corrected chi connectivity index (χ2v) is 7.52. The van der Waals surface area contributed by atoms with Crippen LogP contribution in [0, 0.1) is 0 Å². The van der Waals surface area contributed by atoms with Gasteiger partial charge in [-0.2, -0.15) is 0 Å². The molecule has 21 heavy (non-hydrogen) atoms. The van der Waals surface area contributed by atoms with Crippen molar-refractivity contribution in [1.29, 1.82) is 0 Å². The van der Waals surface area contributed by atoms with Crippen molar-refractivity contribution in [3.63, 3.8) is 0 Å². The first-order chi connectivity index (χ1) is 10.1. The second-order valence-electron chi connectivity index (χ2n) is 5.43. The molecule has 2 heterocycles. The Morgan fingerprint density at radius 1 is 1.38 bits per heavy atom. The van der Waals surface area contributed by atoms with Crippen LogP contribution in [0.4, 0.5) is 0 Å². The summed E-state index contributed by atoms with van der Waals surface area (Å²) in [6.45, 7) is 3.81. The van der Waals surface area contributed by atoms with Gasteiger partial charge in [0.15, 0.2) is 0 Å². The maximum Gasteiger partial charge on any atom is 0.214 e. The van der Waals surface area contributed by atoms with Crippen molar-refractivity contribution in [1.82, 2.24) is 9.62 Å². The van der Waals surface area contributed by atoms with E-state index in [1.165, 1.54) is 0 Å². The molecule has 1 aromatic heterocycles. The molecule has 1 saturated heterocycles. The zero-order chi connectivity index (χ0) is 14.9. The first kappa shape index (κ1) is 14.6.